The van der Waals surface area contributed by atoms with Crippen LogP contribution in [0.3, 0.4) is 0 Å². The van der Waals surface area contributed by atoms with Gasteiger partial charge in [0.2, 0.25) is 5.91 Å². The fourth-order valence-electron chi connectivity index (χ4n) is 3.06. The van der Waals surface area contributed by atoms with Gasteiger partial charge >= 0.3 is 0 Å². The highest BCUT2D eigenvalue weighted by Gasteiger charge is 2.25. The number of carbonyl (C=O) groups is 2. The Labute approximate surface area is 166 Å². The molecule has 2 aromatic carbocycles. The molecule has 0 saturated carbocycles. The average Bonchev–Trinajstić information content (AvgIpc) is 2.66. The van der Waals surface area contributed by atoms with Crippen molar-refractivity contribution in [3.8, 4) is 5.75 Å². The summed E-state index contributed by atoms with van der Waals surface area (Å²) in [5.41, 5.74) is 3.72. The van der Waals surface area contributed by atoms with Crippen LogP contribution in [0.5, 0.6) is 5.75 Å². The number of ether oxygens (including phenoxy) is 1. The van der Waals surface area contributed by atoms with Crippen LogP contribution >= 0.6 is 0 Å². The van der Waals surface area contributed by atoms with Crippen molar-refractivity contribution < 1.29 is 14.3 Å². The Morgan fingerprint density at radius 3 is 2.64 bits per heavy atom. The van der Waals surface area contributed by atoms with Gasteiger partial charge in [-0.2, -0.15) is 0 Å². The molecule has 0 atom stereocenters. The van der Waals surface area contributed by atoms with E-state index >= 15 is 0 Å². The molecule has 28 heavy (non-hydrogen) atoms. The molecule has 2 amide bonds. The maximum Gasteiger partial charge on any atom is 0.265 e. The summed E-state index contributed by atoms with van der Waals surface area (Å²) in [6.45, 7) is 3.41. The number of hydrogen-bond acceptors (Lipinski definition) is 4. The number of rotatable bonds is 7. The number of carbonyl (C=O) groups excluding carboxylic acids is 2. The van der Waals surface area contributed by atoms with E-state index in [0.717, 1.165) is 12.1 Å². The molecule has 0 aliphatic carbocycles. The number of benzene rings is 2. The molecule has 0 radical (unpaired) electrons. The van der Waals surface area contributed by atoms with Crippen LogP contribution in [0.15, 0.2) is 42.5 Å². The predicted molar refractivity (Wildman–Crippen MR) is 111 cm³/mol. The highest BCUT2D eigenvalue weighted by Crippen LogP contribution is 2.34. The number of anilines is 2. The van der Waals surface area contributed by atoms with E-state index < -0.39 is 0 Å². The van der Waals surface area contributed by atoms with Crippen LogP contribution in [-0.2, 0) is 16.0 Å². The van der Waals surface area contributed by atoms with Gasteiger partial charge in [0.1, 0.15) is 5.75 Å². The molecule has 0 unspecified atom stereocenters. The summed E-state index contributed by atoms with van der Waals surface area (Å²) in [5.74, 6) is 0.539. The Balaban J connectivity index is 1.65. The number of hydrogen-bond donors (Lipinski definition) is 1. The van der Waals surface area contributed by atoms with Gasteiger partial charge < -0.3 is 19.9 Å². The minimum atomic E-state index is -0.0720. The van der Waals surface area contributed by atoms with E-state index in [9.17, 15) is 9.59 Å². The molecule has 0 fully saturated rings. The fraction of sp³-hybridized carbons (Fsp3) is 0.364. The van der Waals surface area contributed by atoms with E-state index in [4.69, 9.17) is 4.74 Å². The van der Waals surface area contributed by atoms with E-state index in [2.05, 4.69) is 17.4 Å². The molecular formula is C22H27N3O3. The van der Waals surface area contributed by atoms with Crippen LogP contribution in [0, 0.1) is 6.92 Å². The van der Waals surface area contributed by atoms with Gasteiger partial charge in [-0.25, -0.2) is 0 Å². The molecule has 2 aromatic rings. The van der Waals surface area contributed by atoms with E-state index in [-0.39, 0.29) is 18.4 Å². The van der Waals surface area contributed by atoms with E-state index in [1.165, 1.54) is 5.56 Å². The van der Waals surface area contributed by atoms with Gasteiger partial charge in [-0.1, -0.05) is 29.8 Å². The summed E-state index contributed by atoms with van der Waals surface area (Å²) in [4.78, 5) is 28.4. The number of nitrogens with one attached hydrogen (secondary N) is 1. The second-order valence-electron chi connectivity index (χ2n) is 7.35. The second kappa shape index (κ2) is 8.89. The zero-order valence-electron chi connectivity index (χ0n) is 16.7. The number of aryl methyl sites for hydroxylation is 2. The monoisotopic (exact) mass is 381 g/mol. The first kappa shape index (κ1) is 19.9. The zero-order chi connectivity index (χ0) is 20.1. The van der Waals surface area contributed by atoms with Crippen LogP contribution in [-0.4, -0.2) is 50.5 Å². The Morgan fingerprint density at radius 1 is 1.18 bits per heavy atom. The van der Waals surface area contributed by atoms with E-state index in [1.54, 1.807) is 11.0 Å². The zero-order valence-corrected chi connectivity index (χ0v) is 16.7. The van der Waals surface area contributed by atoms with Gasteiger partial charge in [0, 0.05) is 25.2 Å². The molecule has 1 aliphatic heterocycles. The van der Waals surface area contributed by atoms with Crippen LogP contribution in [0.4, 0.5) is 11.4 Å². The number of amides is 2. The topological polar surface area (TPSA) is 61.9 Å². The van der Waals surface area contributed by atoms with Crippen molar-refractivity contribution in [2.75, 3.05) is 44.0 Å². The SMILES string of the molecule is Cc1ccc(CCC(=O)Nc2ccc3c(c2)N(CCN(C)C)C(=O)CO3)cc1. The Kier molecular flexibility index (Phi) is 6.31. The Bertz CT molecular complexity index is 847. The summed E-state index contributed by atoms with van der Waals surface area (Å²) < 4.78 is 5.53. The Morgan fingerprint density at radius 2 is 1.93 bits per heavy atom. The molecule has 148 valence electrons. The third-order valence-corrected chi connectivity index (χ3v) is 4.72. The van der Waals surface area contributed by atoms with Crippen molar-refractivity contribution in [3.05, 3.63) is 53.6 Å². The fourth-order valence-corrected chi connectivity index (χ4v) is 3.06. The summed E-state index contributed by atoms with van der Waals surface area (Å²) in [5, 5.41) is 2.93. The molecule has 1 N–H and O–H groups in total. The minimum Gasteiger partial charge on any atom is -0.482 e. The van der Waals surface area contributed by atoms with E-state index in [0.29, 0.717) is 36.5 Å². The maximum atomic E-state index is 12.4. The first-order valence-electron chi connectivity index (χ1n) is 9.50. The molecule has 6 nitrogen and oxygen atoms in total. The molecular weight excluding hydrogens is 354 g/mol. The average molecular weight is 381 g/mol. The molecule has 6 heteroatoms. The highest BCUT2D eigenvalue weighted by atomic mass is 16.5. The minimum absolute atomic E-state index is 0.0443. The van der Waals surface area contributed by atoms with Gasteiger partial charge in [-0.05, 0) is 51.2 Å². The van der Waals surface area contributed by atoms with Gasteiger partial charge in [0.25, 0.3) is 5.91 Å². The van der Waals surface area contributed by atoms with E-state index in [1.807, 2.05) is 50.2 Å². The molecule has 1 aliphatic rings. The molecule has 1 heterocycles. The lowest BCUT2D eigenvalue weighted by atomic mass is 10.1. The summed E-state index contributed by atoms with van der Waals surface area (Å²) in [6, 6.07) is 13.6. The van der Waals surface area contributed by atoms with Crippen molar-refractivity contribution in [2.24, 2.45) is 0 Å². The molecule has 0 bridgehead atoms. The van der Waals surface area contributed by atoms with Gasteiger partial charge in [-0.3, -0.25) is 9.59 Å². The number of likely N-dealkylation sites (N-methyl/N-ethyl adjacent to an activating group) is 1. The molecule has 3 rings (SSSR count). The molecule has 0 aromatic heterocycles. The number of fused-ring (bicyclic) bond motifs is 1. The number of nitrogens with zero attached hydrogens (tertiary/aromatic N) is 2. The third-order valence-electron chi connectivity index (χ3n) is 4.72. The first-order valence-corrected chi connectivity index (χ1v) is 9.50. The van der Waals surface area contributed by atoms with Crippen LogP contribution in [0.2, 0.25) is 0 Å². The van der Waals surface area contributed by atoms with Gasteiger partial charge in [-0.15, -0.1) is 0 Å². The van der Waals surface area contributed by atoms with Crippen LogP contribution in [0.25, 0.3) is 0 Å². The van der Waals surface area contributed by atoms with Crippen LogP contribution in [0.1, 0.15) is 17.5 Å². The van der Waals surface area contributed by atoms with Crippen LogP contribution < -0.4 is 15.0 Å². The first-order chi connectivity index (χ1) is 13.4. The Hall–Kier alpha value is -2.86. The third kappa shape index (κ3) is 5.10. The van der Waals surface area contributed by atoms with Crippen molar-refractivity contribution >= 4 is 23.2 Å². The second-order valence-corrected chi connectivity index (χ2v) is 7.35. The van der Waals surface area contributed by atoms with Crippen molar-refractivity contribution in [2.45, 2.75) is 19.8 Å². The lowest BCUT2D eigenvalue weighted by Gasteiger charge is -2.30. The normalized spacial score (nSPS) is 13.3. The summed E-state index contributed by atoms with van der Waals surface area (Å²) in [7, 11) is 3.94. The van der Waals surface area contributed by atoms with Crippen molar-refractivity contribution in [3.63, 3.8) is 0 Å². The predicted octanol–water partition coefficient (Wildman–Crippen LogP) is 2.85. The lowest BCUT2D eigenvalue weighted by molar-refractivity contribution is -0.121. The van der Waals surface area contributed by atoms with Crippen molar-refractivity contribution in [1.29, 1.82) is 0 Å². The standard InChI is InChI=1S/C22H27N3O3/c1-16-4-6-17(7-5-16)8-11-21(26)23-18-9-10-20-19(14-18)25(13-12-24(2)3)22(27)15-28-20/h4-7,9-10,14H,8,11-13,15H2,1-3H3,(H,23,26). The summed E-state index contributed by atoms with van der Waals surface area (Å²) in [6.07, 6.45) is 1.09. The quantitative estimate of drug-likeness (QED) is 0.801. The smallest absolute Gasteiger partial charge is 0.265 e. The largest absolute Gasteiger partial charge is 0.482 e. The molecule has 0 saturated heterocycles. The summed E-state index contributed by atoms with van der Waals surface area (Å²) >= 11 is 0. The molecule has 0 spiro atoms. The van der Waals surface area contributed by atoms with Gasteiger partial charge in [0.05, 0.1) is 5.69 Å². The lowest BCUT2D eigenvalue weighted by Crippen LogP contribution is -2.42. The van der Waals surface area contributed by atoms with Gasteiger partial charge in [0.15, 0.2) is 6.61 Å². The van der Waals surface area contributed by atoms with Crippen molar-refractivity contribution in [1.82, 2.24) is 4.90 Å². The maximum absolute atomic E-state index is 12.4. The highest BCUT2D eigenvalue weighted by molar-refractivity contribution is 5.99.